The summed E-state index contributed by atoms with van der Waals surface area (Å²) in [5.74, 6) is -1.43. The van der Waals surface area contributed by atoms with Gasteiger partial charge in [-0.05, 0) is 99.0 Å². The summed E-state index contributed by atoms with van der Waals surface area (Å²) in [5, 5.41) is 25.4. The molecule has 0 spiro atoms. The van der Waals surface area contributed by atoms with E-state index >= 15 is 0 Å². The number of nitrogens with zero attached hydrogens (tertiary/aromatic N) is 5. The smallest absolute Gasteiger partial charge is 0.417 e. The van der Waals surface area contributed by atoms with Crippen molar-refractivity contribution >= 4 is 52.4 Å². The number of alkyl halides is 3. The number of rotatable bonds is 21. The average Bonchev–Trinajstić information content (AvgIpc) is 3.99. The zero-order valence-corrected chi connectivity index (χ0v) is 41.5. The summed E-state index contributed by atoms with van der Waals surface area (Å²) >= 11 is 1.56. The molecule has 3 heterocycles. The number of unbranched alkanes of at least 4 members (excludes halogenated alkanes) is 2. The summed E-state index contributed by atoms with van der Waals surface area (Å²) in [6.45, 7) is 12.2. The number of β-amino-alcohol motifs (C(OH)–C–C–N with tert-alkyl or cyclic N) is 1. The Bertz CT molecular complexity index is 2580. The van der Waals surface area contributed by atoms with E-state index < -0.39 is 70.2 Å². The number of aliphatic hydroxyl groups excluding tert-OH is 1. The number of likely N-dealkylation sites (tertiary alicyclic amines) is 1. The SMILES string of the molecule is Cc1ncsc1-c1ccc(CNC(=O)[C@@H]2CC(O)CN2C(=O)[C@@H](NC(=O)CCOCCOCCCCCOc2ccc(N3C(=O)N(c4ccc(C#N)c(C(F)(F)F)c4)C(=O)C3(C)C)cc2)C(C)(C)C)cc1. The van der Waals surface area contributed by atoms with Gasteiger partial charge in [-0.1, -0.05) is 45.0 Å². The van der Waals surface area contributed by atoms with Crippen LogP contribution in [0.5, 0.6) is 5.75 Å². The minimum Gasteiger partial charge on any atom is -0.494 e. The molecule has 20 heteroatoms. The number of carbonyl (C=O) groups excluding carboxylic acids is 5. The van der Waals surface area contributed by atoms with E-state index in [0.29, 0.717) is 42.2 Å². The first-order valence-corrected chi connectivity index (χ1v) is 24.2. The van der Waals surface area contributed by atoms with Crippen molar-refractivity contribution in [3.63, 3.8) is 0 Å². The van der Waals surface area contributed by atoms with Crippen LogP contribution in [0.4, 0.5) is 29.3 Å². The summed E-state index contributed by atoms with van der Waals surface area (Å²) in [6.07, 6.45) is -3.39. The summed E-state index contributed by atoms with van der Waals surface area (Å²) < 4.78 is 58.1. The number of aliphatic hydroxyl groups is 1. The maximum absolute atomic E-state index is 13.9. The topological polar surface area (TPSA) is 204 Å². The highest BCUT2D eigenvalue weighted by molar-refractivity contribution is 7.13. The fraction of sp³-hybridized carbons (Fsp3) is 0.471. The number of imide groups is 1. The maximum atomic E-state index is 13.9. The van der Waals surface area contributed by atoms with E-state index in [-0.39, 0.29) is 50.7 Å². The minimum absolute atomic E-state index is 0.00193. The Labute approximate surface area is 415 Å². The van der Waals surface area contributed by atoms with E-state index in [1.165, 1.54) is 29.7 Å². The monoisotopic (exact) mass is 1000 g/mol. The second kappa shape index (κ2) is 23.2. The number of aryl methyl sites for hydroxylation is 1. The van der Waals surface area contributed by atoms with E-state index in [0.717, 1.165) is 53.1 Å². The molecule has 0 bridgehead atoms. The van der Waals surface area contributed by atoms with E-state index in [9.17, 15) is 42.3 Å². The van der Waals surface area contributed by atoms with Crippen molar-refractivity contribution in [2.75, 3.05) is 49.4 Å². The zero-order valence-electron chi connectivity index (χ0n) is 40.6. The van der Waals surface area contributed by atoms with Gasteiger partial charge in [-0.3, -0.25) is 24.1 Å². The van der Waals surface area contributed by atoms with Crippen LogP contribution in [0.1, 0.15) is 89.1 Å². The maximum Gasteiger partial charge on any atom is 0.417 e. The number of benzene rings is 3. The molecule has 6 rings (SSSR count). The van der Waals surface area contributed by atoms with Gasteiger partial charge in [0, 0.05) is 38.2 Å². The number of carbonyl (C=O) groups is 5. The van der Waals surface area contributed by atoms with Gasteiger partial charge in [0.25, 0.3) is 5.91 Å². The Morgan fingerprint density at radius 2 is 1.59 bits per heavy atom. The minimum atomic E-state index is -4.87. The molecule has 0 radical (unpaired) electrons. The molecule has 3 N–H and O–H groups in total. The lowest BCUT2D eigenvalue weighted by atomic mass is 9.85. The average molecular weight is 1000 g/mol. The van der Waals surface area contributed by atoms with Crippen LogP contribution in [0.25, 0.3) is 10.4 Å². The third-order valence-corrected chi connectivity index (χ3v) is 13.2. The van der Waals surface area contributed by atoms with Crippen molar-refractivity contribution in [3.05, 3.63) is 94.6 Å². The number of amides is 6. The van der Waals surface area contributed by atoms with Gasteiger partial charge in [0.1, 0.15) is 23.4 Å². The van der Waals surface area contributed by atoms with Gasteiger partial charge in [0.05, 0.1) is 71.5 Å². The standard InChI is InChI=1S/C51H60F3N7O9S/c1-32-43(71-31-57-32)34-12-10-33(11-13-34)29-56-45(64)41-27-38(62)30-59(41)46(65)44(49(2,3)4)58-42(63)20-23-69-25-24-68-21-8-7-9-22-70-39-18-16-36(17-19-39)61-48(67)60(47(66)50(61,5)6)37-15-14-35(28-55)40(26-37)51(52,53)54/h10-19,26,31,38,41,44,62H,7-9,20-25,27,29-30H2,1-6H3,(H,56,64)(H,58,63)/t38?,41-,44+/m0/s1. The highest BCUT2D eigenvalue weighted by atomic mass is 32.1. The quantitative estimate of drug-likeness (QED) is 0.0550. The molecule has 2 aliphatic rings. The molecule has 1 unspecified atom stereocenters. The lowest BCUT2D eigenvalue weighted by Crippen LogP contribution is -2.57. The van der Waals surface area contributed by atoms with E-state index in [2.05, 4.69) is 15.6 Å². The largest absolute Gasteiger partial charge is 0.494 e. The van der Waals surface area contributed by atoms with Crippen molar-refractivity contribution in [1.82, 2.24) is 20.5 Å². The van der Waals surface area contributed by atoms with Crippen LogP contribution < -0.4 is 25.2 Å². The lowest BCUT2D eigenvalue weighted by molar-refractivity contribution is -0.144. The Morgan fingerprint density at radius 1 is 0.930 bits per heavy atom. The molecule has 2 fully saturated rings. The molecule has 4 aromatic rings. The molecule has 3 atom stereocenters. The number of hydrogen-bond acceptors (Lipinski definition) is 12. The number of thiazole rings is 1. The van der Waals surface area contributed by atoms with Crippen molar-refractivity contribution in [2.45, 2.75) is 110 Å². The summed E-state index contributed by atoms with van der Waals surface area (Å²) in [4.78, 5) is 76.0. The summed E-state index contributed by atoms with van der Waals surface area (Å²) in [7, 11) is 0. The van der Waals surface area contributed by atoms with Crippen molar-refractivity contribution < 1.29 is 56.5 Å². The van der Waals surface area contributed by atoms with Gasteiger partial charge < -0.3 is 34.9 Å². The van der Waals surface area contributed by atoms with Crippen molar-refractivity contribution in [3.8, 4) is 22.3 Å². The number of anilines is 2. The van der Waals surface area contributed by atoms with Gasteiger partial charge in [-0.15, -0.1) is 11.3 Å². The Balaban J connectivity index is 0.851. The van der Waals surface area contributed by atoms with Crippen LogP contribution in [0.15, 0.2) is 72.2 Å². The molecular formula is C51H60F3N7O9S. The van der Waals surface area contributed by atoms with E-state index in [4.69, 9.17) is 19.5 Å². The number of aromatic nitrogens is 1. The fourth-order valence-corrected chi connectivity index (χ4v) is 9.14. The van der Waals surface area contributed by atoms with E-state index in [1.54, 1.807) is 41.1 Å². The third-order valence-electron chi connectivity index (χ3n) is 12.2. The number of nitriles is 1. The van der Waals surface area contributed by atoms with Crippen molar-refractivity contribution in [2.24, 2.45) is 5.41 Å². The molecule has 6 amide bonds. The van der Waals surface area contributed by atoms with Gasteiger partial charge in [-0.2, -0.15) is 18.4 Å². The molecule has 3 aromatic carbocycles. The molecule has 380 valence electrons. The molecule has 0 saturated carbocycles. The Kier molecular flexibility index (Phi) is 17.6. The Morgan fingerprint density at radius 3 is 2.23 bits per heavy atom. The second-order valence-electron chi connectivity index (χ2n) is 19.0. The molecule has 1 aromatic heterocycles. The third kappa shape index (κ3) is 13.3. The number of nitrogens with one attached hydrogen (secondary N) is 2. The zero-order chi connectivity index (χ0) is 51.7. The van der Waals surface area contributed by atoms with Crippen molar-refractivity contribution in [1.29, 1.82) is 5.26 Å². The van der Waals surface area contributed by atoms with Crippen LogP contribution in [-0.4, -0.2) is 108 Å². The molecule has 2 aliphatic heterocycles. The number of halogens is 3. The number of ether oxygens (including phenoxy) is 3. The molecule has 0 aliphatic carbocycles. The van der Waals surface area contributed by atoms with Gasteiger partial charge >= 0.3 is 12.2 Å². The van der Waals surface area contributed by atoms with Gasteiger partial charge in [0.2, 0.25) is 17.7 Å². The van der Waals surface area contributed by atoms with Crippen LogP contribution in [-0.2, 0) is 41.4 Å². The number of hydrogen-bond donors (Lipinski definition) is 3. The van der Waals surface area contributed by atoms with Crippen LogP contribution in [0.2, 0.25) is 0 Å². The first kappa shape index (κ1) is 53.9. The van der Waals surface area contributed by atoms with Gasteiger partial charge in [-0.25, -0.2) is 14.7 Å². The summed E-state index contributed by atoms with van der Waals surface area (Å²) in [5.41, 5.74) is 0.713. The van der Waals surface area contributed by atoms with Crippen LogP contribution >= 0.6 is 11.3 Å². The number of urea groups is 1. The second-order valence-corrected chi connectivity index (χ2v) is 19.8. The first-order chi connectivity index (χ1) is 33.6. The molecule has 71 heavy (non-hydrogen) atoms. The lowest BCUT2D eigenvalue weighted by Gasteiger charge is -2.35. The molecule has 16 nitrogen and oxygen atoms in total. The Hall–Kier alpha value is -6.40. The van der Waals surface area contributed by atoms with E-state index in [1.807, 2.05) is 52.0 Å². The fourth-order valence-electron chi connectivity index (χ4n) is 8.32. The first-order valence-electron chi connectivity index (χ1n) is 23.3. The predicted octanol–water partition coefficient (Wildman–Crippen LogP) is 7.54. The molecular weight excluding hydrogens is 944 g/mol. The normalized spacial score (nSPS) is 17.3. The summed E-state index contributed by atoms with van der Waals surface area (Å²) in [6, 6.07) is 15.8. The van der Waals surface area contributed by atoms with Gasteiger partial charge in [0.15, 0.2) is 0 Å². The highest BCUT2D eigenvalue weighted by Gasteiger charge is 2.53. The van der Waals surface area contributed by atoms with Crippen LogP contribution in [0.3, 0.4) is 0 Å². The highest BCUT2D eigenvalue weighted by Crippen LogP contribution is 2.40. The van der Waals surface area contributed by atoms with Crippen LogP contribution in [0, 0.1) is 23.7 Å². The predicted molar refractivity (Wildman–Crippen MR) is 259 cm³/mol. The molecule has 2 saturated heterocycles.